The minimum atomic E-state index is 0.577. The lowest BCUT2D eigenvalue weighted by atomic mass is 9.94. The van der Waals surface area contributed by atoms with Crippen molar-refractivity contribution >= 4 is 16.8 Å². The van der Waals surface area contributed by atoms with Gasteiger partial charge in [-0.3, -0.25) is 0 Å². The van der Waals surface area contributed by atoms with Gasteiger partial charge >= 0.3 is 0 Å². The fraction of sp³-hybridized carbons (Fsp3) is 0.471. The minimum Gasteiger partial charge on any atom is -0.440 e. The molecule has 2 aromatic rings. The molecule has 1 heterocycles. The van der Waals surface area contributed by atoms with Gasteiger partial charge < -0.3 is 9.73 Å². The number of rotatable bonds is 4. The summed E-state index contributed by atoms with van der Waals surface area (Å²) in [4.78, 5) is 4.61. The molecule has 1 unspecified atom stereocenters. The normalized spacial score (nSPS) is 22.3. The van der Waals surface area contributed by atoms with E-state index < -0.39 is 0 Å². The fourth-order valence-electron chi connectivity index (χ4n) is 2.86. The Morgan fingerprint density at radius 3 is 2.95 bits per heavy atom. The first-order valence-corrected chi connectivity index (χ1v) is 7.68. The summed E-state index contributed by atoms with van der Waals surface area (Å²) >= 11 is 0. The van der Waals surface area contributed by atoms with E-state index in [2.05, 4.69) is 34.6 Å². The number of hydrogen-bond donors (Lipinski definition) is 1. The molecule has 1 fully saturated rings. The van der Waals surface area contributed by atoms with E-state index in [1.807, 2.05) is 6.07 Å². The van der Waals surface area contributed by atoms with Gasteiger partial charge in [0.05, 0.1) is 0 Å². The van der Waals surface area contributed by atoms with Crippen LogP contribution in [-0.4, -0.2) is 11.5 Å². The predicted octanol–water partition coefficient (Wildman–Crippen LogP) is 4.47. The van der Waals surface area contributed by atoms with Gasteiger partial charge in [-0.05, 0) is 56.2 Å². The SMILES string of the molecule is C1=CCC(CNc2ccc3oc(C4CC4)nc3c2)CC1. The zero-order chi connectivity index (χ0) is 13.4. The highest BCUT2D eigenvalue weighted by atomic mass is 16.3. The summed E-state index contributed by atoms with van der Waals surface area (Å²) in [7, 11) is 0. The van der Waals surface area contributed by atoms with Crippen LogP contribution >= 0.6 is 0 Å². The summed E-state index contributed by atoms with van der Waals surface area (Å²) in [6.07, 6.45) is 10.8. The number of nitrogens with one attached hydrogen (secondary N) is 1. The standard InChI is InChI=1S/C17H20N2O/c1-2-4-12(5-3-1)11-18-14-8-9-16-15(10-14)19-17(20-16)13-6-7-13/h1-2,8-10,12-13,18H,3-7,11H2. The van der Waals surface area contributed by atoms with Crippen LogP contribution < -0.4 is 5.32 Å². The molecule has 1 aromatic carbocycles. The maximum Gasteiger partial charge on any atom is 0.198 e. The van der Waals surface area contributed by atoms with Crippen LogP contribution in [0.2, 0.25) is 0 Å². The van der Waals surface area contributed by atoms with Crippen LogP contribution in [0.3, 0.4) is 0 Å². The zero-order valence-electron chi connectivity index (χ0n) is 11.6. The van der Waals surface area contributed by atoms with Gasteiger partial charge in [0.2, 0.25) is 0 Å². The second-order valence-electron chi connectivity index (χ2n) is 6.04. The monoisotopic (exact) mass is 268 g/mol. The van der Waals surface area contributed by atoms with Crippen molar-refractivity contribution in [2.45, 2.75) is 38.0 Å². The number of fused-ring (bicyclic) bond motifs is 1. The van der Waals surface area contributed by atoms with Crippen molar-refractivity contribution in [1.82, 2.24) is 4.98 Å². The summed E-state index contributed by atoms with van der Waals surface area (Å²) in [6.45, 7) is 1.04. The molecule has 0 amide bonds. The second-order valence-corrected chi connectivity index (χ2v) is 6.04. The van der Waals surface area contributed by atoms with E-state index in [0.29, 0.717) is 5.92 Å². The Morgan fingerprint density at radius 1 is 1.20 bits per heavy atom. The maximum absolute atomic E-state index is 5.79. The number of allylic oxidation sites excluding steroid dienone is 2. The molecule has 20 heavy (non-hydrogen) atoms. The summed E-state index contributed by atoms with van der Waals surface area (Å²) in [5, 5.41) is 3.55. The van der Waals surface area contributed by atoms with Crippen molar-refractivity contribution in [1.29, 1.82) is 0 Å². The predicted molar refractivity (Wildman–Crippen MR) is 81.0 cm³/mol. The molecular weight excluding hydrogens is 248 g/mol. The Hall–Kier alpha value is -1.77. The van der Waals surface area contributed by atoms with Crippen molar-refractivity contribution in [2.24, 2.45) is 5.92 Å². The first-order chi connectivity index (χ1) is 9.88. The van der Waals surface area contributed by atoms with Gasteiger partial charge in [-0.25, -0.2) is 4.98 Å². The molecule has 1 N–H and O–H groups in total. The molecule has 1 saturated carbocycles. The molecule has 3 nitrogen and oxygen atoms in total. The van der Waals surface area contributed by atoms with Gasteiger partial charge in [-0.15, -0.1) is 0 Å². The van der Waals surface area contributed by atoms with E-state index in [1.54, 1.807) is 0 Å². The molecule has 0 spiro atoms. The van der Waals surface area contributed by atoms with Gasteiger partial charge in [0.25, 0.3) is 0 Å². The van der Waals surface area contributed by atoms with Gasteiger partial charge in [-0.1, -0.05) is 12.2 Å². The molecule has 0 bridgehead atoms. The van der Waals surface area contributed by atoms with Crippen molar-refractivity contribution in [3.05, 3.63) is 36.2 Å². The summed E-state index contributed by atoms with van der Waals surface area (Å²) in [6, 6.07) is 6.25. The average molecular weight is 268 g/mol. The topological polar surface area (TPSA) is 38.1 Å². The number of aromatic nitrogens is 1. The van der Waals surface area contributed by atoms with Crippen LogP contribution in [0.5, 0.6) is 0 Å². The number of hydrogen-bond acceptors (Lipinski definition) is 3. The van der Waals surface area contributed by atoms with Crippen LogP contribution in [0.4, 0.5) is 5.69 Å². The number of anilines is 1. The number of oxazole rings is 1. The Bertz CT molecular complexity index is 639. The van der Waals surface area contributed by atoms with Crippen LogP contribution in [0, 0.1) is 5.92 Å². The van der Waals surface area contributed by atoms with Crippen molar-refractivity contribution < 1.29 is 4.42 Å². The Labute approximate surface area is 119 Å². The van der Waals surface area contributed by atoms with E-state index >= 15 is 0 Å². The van der Waals surface area contributed by atoms with Gasteiger partial charge in [0.1, 0.15) is 5.52 Å². The van der Waals surface area contributed by atoms with Crippen molar-refractivity contribution in [3.8, 4) is 0 Å². The van der Waals surface area contributed by atoms with Crippen molar-refractivity contribution in [3.63, 3.8) is 0 Å². The molecule has 3 heteroatoms. The molecule has 104 valence electrons. The van der Waals surface area contributed by atoms with E-state index in [0.717, 1.165) is 35.1 Å². The Morgan fingerprint density at radius 2 is 2.15 bits per heavy atom. The van der Waals surface area contributed by atoms with E-state index in [9.17, 15) is 0 Å². The van der Waals surface area contributed by atoms with Crippen molar-refractivity contribution in [2.75, 3.05) is 11.9 Å². The minimum absolute atomic E-state index is 0.577. The molecule has 1 atom stereocenters. The molecule has 0 aliphatic heterocycles. The third kappa shape index (κ3) is 2.45. The van der Waals surface area contributed by atoms with Gasteiger partial charge in [0.15, 0.2) is 11.5 Å². The largest absolute Gasteiger partial charge is 0.440 e. The highest BCUT2D eigenvalue weighted by Crippen LogP contribution is 2.40. The Kier molecular flexibility index (Phi) is 2.98. The van der Waals surface area contributed by atoms with Gasteiger partial charge in [0, 0.05) is 18.2 Å². The molecule has 1 aromatic heterocycles. The molecule has 2 aliphatic rings. The average Bonchev–Trinajstić information content (AvgIpc) is 3.26. The maximum atomic E-state index is 5.79. The number of benzene rings is 1. The van der Waals surface area contributed by atoms with E-state index in [4.69, 9.17) is 4.42 Å². The third-order valence-corrected chi connectivity index (χ3v) is 4.30. The lowest BCUT2D eigenvalue weighted by molar-refractivity contribution is 0.504. The molecule has 4 rings (SSSR count). The molecule has 0 saturated heterocycles. The van der Waals surface area contributed by atoms with E-state index in [-0.39, 0.29) is 0 Å². The molecular formula is C17H20N2O. The van der Waals surface area contributed by atoms with Crippen LogP contribution in [0.1, 0.15) is 43.9 Å². The fourth-order valence-corrected chi connectivity index (χ4v) is 2.86. The van der Waals surface area contributed by atoms with E-state index in [1.165, 1.54) is 32.1 Å². The highest BCUT2D eigenvalue weighted by Gasteiger charge is 2.28. The van der Waals surface area contributed by atoms with Crippen LogP contribution in [0.15, 0.2) is 34.8 Å². The zero-order valence-corrected chi connectivity index (χ0v) is 11.6. The first kappa shape index (κ1) is 12.0. The third-order valence-electron chi connectivity index (χ3n) is 4.30. The summed E-state index contributed by atoms with van der Waals surface area (Å²) in [5.74, 6) is 2.26. The smallest absolute Gasteiger partial charge is 0.198 e. The first-order valence-electron chi connectivity index (χ1n) is 7.68. The molecule has 0 radical (unpaired) electrons. The number of nitrogens with zero attached hydrogens (tertiary/aromatic N) is 1. The summed E-state index contributed by atoms with van der Waals surface area (Å²) in [5.41, 5.74) is 3.06. The lowest BCUT2D eigenvalue weighted by Crippen LogP contribution is -2.15. The second kappa shape index (κ2) is 4.97. The Balaban J connectivity index is 1.47. The van der Waals surface area contributed by atoms with Gasteiger partial charge in [-0.2, -0.15) is 0 Å². The van der Waals surface area contributed by atoms with Crippen LogP contribution in [0.25, 0.3) is 11.1 Å². The lowest BCUT2D eigenvalue weighted by Gasteiger charge is -2.18. The highest BCUT2D eigenvalue weighted by molar-refractivity contribution is 5.77. The van der Waals surface area contributed by atoms with Crippen LogP contribution in [-0.2, 0) is 0 Å². The summed E-state index contributed by atoms with van der Waals surface area (Å²) < 4.78 is 5.79. The molecule has 2 aliphatic carbocycles. The quantitative estimate of drug-likeness (QED) is 0.831.